The maximum absolute atomic E-state index is 3.69. The van der Waals surface area contributed by atoms with Crippen molar-refractivity contribution in [3.63, 3.8) is 0 Å². The zero-order valence-electron chi connectivity index (χ0n) is 9.46. The lowest BCUT2D eigenvalue weighted by atomic mass is 9.87. The Hall–Kier alpha value is 0.180. The molecule has 0 aliphatic heterocycles. The summed E-state index contributed by atoms with van der Waals surface area (Å²) in [7, 11) is 0. The second-order valence-corrected chi connectivity index (χ2v) is 6.26. The Balaban J connectivity index is 2.03. The Morgan fingerprint density at radius 1 is 1.19 bits per heavy atom. The highest BCUT2D eigenvalue weighted by Crippen LogP contribution is 2.35. The van der Waals surface area contributed by atoms with Gasteiger partial charge in [0.05, 0.1) is 0 Å². The first-order valence-corrected chi connectivity index (χ1v) is 8.02. The first-order valence-electron chi connectivity index (χ1n) is 6.10. The number of halogens is 2. The molecule has 0 bridgehead atoms. The molecule has 0 heterocycles. The highest BCUT2D eigenvalue weighted by molar-refractivity contribution is 9.10. The molecule has 1 aromatic rings. The molecular weight excluding hydrogens is 328 g/mol. The fourth-order valence-electron chi connectivity index (χ4n) is 2.72. The molecule has 16 heavy (non-hydrogen) atoms. The van der Waals surface area contributed by atoms with E-state index in [4.69, 9.17) is 0 Å². The molecule has 0 aromatic heterocycles. The predicted octanol–water partition coefficient (Wildman–Crippen LogP) is 5.19. The summed E-state index contributed by atoms with van der Waals surface area (Å²) in [5, 5.41) is 1.14. The zero-order chi connectivity index (χ0) is 11.4. The summed E-state index contributed by atoms with van der Waals surface area (Å²) in [6.45, 7) is 0. The van der Waals surface area contributed by atoms with Crippen molar-refractivity contribution in [1.29, 1.82) is 0 Å². The molecule has 0 spiro atoms. The summed E-state index contributed by atoms with van der Waals surface area (Å²) in [4.78, 5) is 0. The van der Waals surface area contributed by atoms with Gasteiger partial charge in [-0.05, 0) is 29.9 Å². The molecule has 1 aliphatic rings. The molecule has 2 heteroatoms. The Bertz CT molecular complexity index is 329. The van der Waals surface area contributed by atoms with Gasteiger partial charge in [0.25, 0.3) is 0 Å². The second kappa shape index (κ2) is 6.20. The van der Waals surface area contributed by atoms with Gasteiger partial charge in [0.15, 0.2) is 0 Å². The standard InChI is InChI=1S/C14H18Br2/c15-10-13(11-5-1-2-6-11)9-12-7-3-4-8-14(12)16/h3-4,7-8,11,13H,1-2,5-6,9-10H2. The van der Waals surface area contributed by atoms with Crippen LogP contribution in [0, 0.1) is 11.8 Å². The monoisotopic (exact) mass is 344 g/mol. The number of rotatable bonds is 4. The summed E-state index contributed by atoms with van der Waals surface area (Å²) < 4.78 is 1.26. The fourth-order valence-corrected chi connectivity index (χ4v) is 3.93. The normalized spacial score (nSPS) is 18.9. The Morgan fingerprint density at radius 3 is 2.50 bits per heavy atom. The molecule has 0 amide bonds. The van der Waals surface area contributed by atoms with Gasteiger partial charge in [0.1, 0.15) is 0 Å². The third-order valence-corrected chi connectivity index (χ3v) is 5.31. The highest BCUT2D eigenvalue weighted by atomic mass is 79.9. The highest BCUT2D eigenvalue weighted by Gasteiger charge is 2.24. The lowest BCUT2D eigenvalue weighted by molar-refractivity contribution is 0.372. The Morgan fingerprint density at radius 2 is 1.88 bits per heavy atom. The van der Waals surface area contributed by atoms with Gasteiger partial charge in [-0.1, -0.05) is 75.7 Å². The third kappa shape index (κ3) is 3.10. The number of alkyl halides is 1. The molecule has 0 nitrogen and oxygen atoms in total. The smallest absolute Gasteiger partial charge is 0.0207 e. The third-order valence-electron chi connectivity index (χ3n) is 3.70. The van der Waals surface area contributed by atoms with Crippen molar-refractivity contribution in [2.24, 2.45) is 11.8 Å². The lowest BCUT2D eigenvalue weighted by Gasteiger charge is -2.21. The topological polar surface area (TPSA) is 0 Å². The van der Waals surface area contributed by atoms with Crippen LogP contribution in [0.1, 0.15) is 31.2 Å². The summed E-state index contributed by atoms with van der Waals surface area (Å²) >= 11 is 7.34. The summed E-state index contributed by atoms with van der Waals surface area (Å²) in [6, 6.07) is 8.62. The molecule has 88 valence electrons. The van der Waals surface area contributed by atoms with Gasteiger partial charge >= 0.3 is 0 Å². The van der Waals surface area contributed by atoms with Crippen LogP contribution in [0.3, 0.4) is 0 Å². The fraction of sp³-hybridized carbons (Fsp3) is 0.571. The van der Waals surface area contributed by atoms with Gasteiger partial charge in [0.2, 0.25) is 0 Å². The van der Waals surface area contributed by atoms with Gasteiger partial charge in [-0.25, -0.2) is 0 Å². The maximum Gasteiger partial charge on any atom is 0.0207 e. The van der Waals surface area contributed by atoms with Gasteiger partial charge in [0, 0.05) is 9.80 Å². The Labute approximate surface area is 115 Å². The molecule has 0 radical (unpaired) electrons. The molecule has 2 rings (SSSR count). The van der Waals surface area contributed by atoms with Gasteiger partial charge in [-0.3, -0.25) is 0 Å². The molecule has 1 aliphatic carbocycles. The SMILES string of the molecule is BrCC(Cc1ccccc1Br)C1CCCC1. The van der Waals surface area contributed by atoms with Crippen molar-refractivity contribution in [2.75, 3.05) is 5.33 Å². The van der Waals surface area contributed by atoms with Crippen LogP contribution < -0.4 is 0 Å². The minimum atomic E-state index is 0.807. The molecule has 1 saturated carbocycles. The molecule has 1 aromatic carbocycles. The molecule has 0 N–H and O–H groups in total. The van der Waals surface area contributed by atoms with Gasteiger partial charge < -0.3 is 0 Å². The van der Waals surface area contributed by atoms with Crippen LogP contribution in [-0.4, -0.2) is 5.33 Å². The number of benzene rings is 1. The maximum atomic E-state index is 3.69. The van der Waals surface area contributed by atoms with E-state index in [9.17, 15) is 0 Å². The van der Waals surface area contributed by atoms with Crippen LogP contribution in [-0.2, 0) is 6.42 Å². The summed E-state index contributed by atoms with van der Waals surface area (Å²) in [5.41, 5.74) is 1.46. The first-order chi connectivity index (χ1) is 7.81. The molecule has 1 fully saturated rings. The van der Waals surface area contributed by atoms with E-state index in [2.05, 4.69) is 56.1 Å². The minimum absolute atomic E-state index is 0.807. The average molecular weight is 346 g/mol. The summed E-state index contributed by atoms with van der Waals surface area (Å²) in [5.74, 6) is 1.74. The van der Waals surface area contributed by atoms with E-state index in [1.54, 1.807) is 0 Å². The van der Waals surface area contributed by atoms with Crippen molar-refractivity contribution in [3.05, 3.63) is 34.3 Å². The van der Waals surface area contributed by atoms with Crippen molar-refractivity contribution in [3.8, 4) is 0 Å². The quantitative estimate of drug-likeness (QED) is 0.658. The van der Waals surface area contributed by atoms with Gasteiger partial charge in [-0.2, -0.15) is 0 Å². The lowest BCUT2D eigenvalue weighted by Crippen LogP contribution is -2.16. The van der Waals surface area contributed by atoms with Crippen LogP contribution in [0.4, 0.5) is 0 Å². The van der Waals surface area contributed by atoms with E-state index in [1.165, 1.54) is 42.1 Å². The molecule has 0 saturated heterocycles. The van der Waals surface area contributed by atoms with Crippen molar-refractivity contribution >= 4 is 31.9 Å². The van der Waals surface area contributed by atoms with Crippen molar-refractivity contribution < 1.29 is 0 Å². The Kier molecular flexibility index (Phi) is 4.90. The number of hydrogen-bond acceptors (Lipinski definition) is 0. The van der Waals surface area contributed by atoms with Crippen LogP contribution in [0.25, 0.3) is 0 Å². The van der Waals surface area contributed by atoms with Gasteiger partial charge in [-0.15, -0.1) is 0 Å². The number of hydrogen-bond donors (Lipinski definition) is 0. The second-order valence-electron chi connectivity index (χ2n) is 4.75. The molecule has 1 unspecified atom stereocenters. The predicted molar refractivity (Wildman–Crippen MR) is 77.1 cm³/mol. The van der Waals surface area contributed by atoms with E-state index in [0.29, 0.717) is 0 Å². The van der Waals surface area contributed by atoms with E-state index in [-0.39, 0.29) is 0 Å². The van der Waals surface area contributed by atoms with Crippen LogP contribution >= 0.6 is 31.9 Å². The minimum Gasteiger partial charge on any atom is -0.0925 e. The molecule has 1 atom stereocenters. The van der Waals surface area contributed by atoms with Crippen molar-refractivity contribution in [1.82, 2.24) is 0 Å². The average Bonchev–Trinajstić information content (AvgIpc) is 2.81. The largest absolute Gasteiger partial charge is 0.0925 e. The van der Waals surface area contributed by atoms with E-state index < -0.39 is 0 Å². The summed E-state index contributed by atoms with van der Waals surface area (Å²) in [6.07, 6.45) is 6.94. The van der Waals surface area contributed by atoms with Crippen LogP contribution in [0.2, 0.25) is 0 Å². The van der Waals surface area contributed by atoms with E-state index >= 15 is 0 Å². The van der Waals surface area contributed by atoms with E-state index in [0.717, 1.165) is 17.2 Å². The van der Waals surface area contributed by atoms with Crippen LogP contribution in [0.5, 0.6) is 0 Å². The molecular formula is C14H18Br2. The first kappa shape index (κ1) is 12.6. The zero-order valence-corrected chi connectivity index (χ0v) is 12.6. The van der Waals surface area contributed by atoms with E-state index in [1.807, 2.05) is 0 Å². The van der Waals surface area contributed by atoms with Crippen LogP contribution in [0.15, 0.2) is 28.7 Å². The van der Waals surface area contributed by atoms with Crippen molar-refractivity contribution in [2.45, 2.75) is 32.1 Å².